The van der Waals surface area contributed by atoms with Gasteiger partial charge in [0.2, 0.25) is 5.91 Å². The molecule has 104 valence electrons. The van der Waals surface area contributed by atoms with Crippen LogP contribution in [-0.4, -0.2) is 28.3 Å². The number of aromatic nitrogens is 1. The molecule has 1 unspecified atom stereocenters. The molecular weight excluding hydrogens is 342 g/mol. The highest BCUT2D eigenvalue weighted by atomic mass is 79.9. The van der Waals surface area contributed by atoms with Crippen molar-refractivity contribution >= 4 is 44.5 Å². The summed E-state index contributed by atoms with van der Waals surface area (Å²) in [6, 6.07) is 3.65. The summed E-state index contributed by atoms with van der Waals surface area (Å²) in [5.41, 5.74) is 0.441. The van der Waals surface area contributed by atoms with E-state index in [1.165, 1.54) is 24.9 Å². The molecular formula is C13H12BrN3O2S. The molecule has 0 bridgehead atoms. The zero-order valence-corrected chi connectivity index (χ0v) is 13.2. The first-order chi connectivity index (χ1) is 9.51. The fourth-order valence-corrected chi connectivity index (χ4v) is 3.28. The Morgan fingerprint density at radius 2 is 2.45 bits per heavy atom. The van der Waals surface area contributed by atoms with Crippen molar-refractivity contribution in [2.75, 3.05) is 17.2 Å². The maximum absolute atomic E-state index is 12.0. The van der Waals surface area contributed by atoms with Gasteiger partial charge in [-0.25, -0.2) is 4.98 Å². The van der Waals surface area contributed by atoms with Crippen LogP contribution in [0.3, 0.4) is 0 Å². The van der Waals surface area contributed by atoms with E-state index in [4.69, 9.17) is 5.26 Å². The van der Waals surface area contributed by atoms with E-state index in [1.54, 1.807) is 11.0 Å². The van der Waals surface area contributed by atoms with Gasteiger partial charge in [-0.15, -0.1) is 0 Å². The van der Waals surface area contributed by atoms with Gasteiger partial charge in [0.15, 0.2) is 5.12 Å². The average Bonchev–Trinajstić information content (AvgIpc) is 2.77. The van der Waals surface area contributed by atoms with Crippen LogP contribution >= 0.6 is 27.7 Å². The van der Waals surface area contributed by atoms with Gasteiger partial charge in [-0.1, -0.05) is 11.8 Å². The molecule has 0 saturated carbocycles. The fraction of sp³-hybridized carbons (Fsp3) is 0.385. The van der Waals surface area contributed by atoms with Gasteiger partial charge in [-0.3, -0.25) is 14.5 Å². The molecule has 1 atom stereocenters. The van der Waals surface area contributed by atoms with Crippen LogP contribution in [0, 0.1) is 17.2 Å². The van der Waals surface area contributed by atoms with E-state index in [9.17, 15) is 9.59 Å². The quantitative estimate of drug-likeness (QED) is 0.833. The maximum Gasteiger partial charge on any atom is 0.228 e. The van der Waals surface area contributed by atoms with Gasteiger partial charge in [0.1, 0.15) is 11.9 Å². The van der Waals surface area contributed by atoms with Crippen molar-refractivity contribution in [3.63, 3.8) is 0 Å². The van der Waals surface area contributed by atoms with Crippen molar-refractivity contribution in [2.45, 2.75) is 13.3 Å². The van der Waals surface area contributed by atoms with Crippen LogP contribution in [0.5, 0.6) is 0 Å². The van der Waals surface area contributed by atoms with E-state index in [2.05, 4.69) is 20.9 Å². The molecule has 0 aliphatic carbocycles. The van der Waals surface area contributed by atoms with Crippen molar-refractivity contribution in [3.8, 4) is 6.07 Å². The van der Waals surface area contributed by atoms with Crippen LogP contribution in [0.25, 0.3) is 0 Å². The first-order valence-corrected chi connectivity index (χ1v) is 7.78. The number of thioether (sulfide) groups is 1. The van der Waals surface area contributed by atoms with Gasteiger partial charge in [0, 0.05) is 31.8 Å². The molecule has 1 aliphatic heterocycles. The minimum atomic E-state index is -0.00272. The Morgan fingerprint density at radius 3 is 3.05 bits per heavy atom. The molecule has 1 aromatic rings. The van der Waals surface area contributed by atoms with E-state index in [1.807, 2.05) is 6.07 Å². The third kappa shape index (κ3) is 3.38. The van der Waals surface area contributed by atoms with Crippen molar-refractivity contribution in [3.05, 3.63) is 22.3 Å². The third-order valence-electron chi connectivity index (χ3n) is 2.93. The topological polar surface area (TPSA) is 74.1 Å². The summed E-state index contributed by atoms with van der Waals surface area (Å²) in [6.07, 6.45) is 1.87. The third-order valence-corrected chi connectivity index (χ3v) is 4.56. The molecule has 0 radical (unpaired) electrons. The van der Waals surface area contributed by atoms with Gasteiger partial charge in [-0.05, 0) is 27.9 Å². The lowest BCUT2D eigenvalue weighted by Gasteiger charge is -2.17. The van der Waals surface area contributed by atoms with Crippen LogP contribution in [0.15, 0.2) is 16.7 Å². The summed E-state index contributed by atoms with van der Waals surface area (Å²) in [6.45, 7) is 2.08. The first-order valence-electron chi connectivity index (χ1n) is 6.00. The van der Waals surface area contributed by atoms with Crippen LogP contribution < -0.4 is 4.90 Å². The first kappa shape index (κ1) is 15.0. The molecule has 5 nitrogen and oxygen atoms in total. The molecule has 20 heavy (non-hydrogen) atoms. The van der Waals surface area contributed by atoms with Crippen molar-refractivity contribution in [1.82, 2.24) is 4.98 Å². The number of carbonyl (C=O) groups excluding carboxylic acids is 2. The highest BCUT2D eigenvalue weighted by Crippen LogP contribution is 2.31. The van der Waals surface area contributed by atoms with Gasteiger partial charge in [0.25, 0.3) is 0 Å². The number of anilines is 1. The zero-order valence-electron chi connectivity index (χ0n) is 10.8. The highest BCUT2D eigenvalue weighted by Gasteiger charge is 2.32. The Morgan fingerprint density at radius 1 is 1.70 bits per heavy atom. The van der Waals surface area contributed by atoms with Crippen LogP contribution in [0.1, 0.15) is 18.9 Å². The number of hydrogen-bond donors (Lipinski definition) is 0. The number of rotatable bonds is 3. The average molecular weight is 354 g/mol. The van der Waals surface area contributed by atoms with Gasteiger partial charge in [-0.2, -0.15) is 5.26 Å². The second-order valence-corrected chi connectivity index (χ2v) is 6.57. The maximum atomic E-state index is 12.0. The van der Waals surface area contributed by atoms with Crippen LogP contribution in [-0.2, 0) is 9.59 Å². The fourth-order valence-electron chi connectivity index (χ4n) is 2.02. The SMILES string of the molecule is CC(=O)SCC1CC(=O)N(c2ncc(C#N)cc2Br)C1. The van der Waals surface area contributed by atoms with E-state index < -0.39 is 0 Å². The molecule has 0 N–H and O–H groups in total. The van der Waals surface area contributed by atoms with Crippen LogP contribution in [0.4, 0.5) is 5.82 Å². The van der Waals surface area contributed by atoms with E-state index in [-0.39, 0.29) is 16.9 Å². The van der Waals surface area contributed by atoms with Crippen LogP contribution in [0.2, 0.25) is 0 Å². The molecule has 7 heteroatoms. The van der Waals surface area contributed by atoms with Crippen molar-refractivity contribution < 1.29 is 9.59 Å². The molecule has 1 fully saturated rings. The van der Waals surface area contributed by atoms with Gasteiger partial charge >= 0.3 is 0 Å². The lowest BCUT2D eigenvalue weighted by atomic mass is 10.1. The van der Waals surface area contributed by atoms with Crippen molar-refractivity contribution in [2.24, 2.45) is 5.92 Å². The van der Waals surface area contributed by atoms with E-state index in [0.717, 1.165) is 0 Å². The number of nitrogens with zero attached hydrogens (tertiary/aromatic N) is 3. The number of hydrogen-bond acceptors (Lipinski definition) is 5. The molecule has 1 aliphatic rings. The number of carbonyl (C=O) groups is 2. The van der Waals surface area contributed by atoms with Gasteiger partial charge < -0.3 is 0 Å². The summed E-state index contributed by atoms with van der Waals surface area (Å²) in [5.74, 6) is 1.33. The lowest BCUT2D eigenvalue weighted by molar-refractivity contribution is -0.117. The Balaban J connectivity index is 2.12. The number of halogens is 1. The molecule has 1 amide bonds. The molecule has 0 spiro atoms. The molecule has 1 aromatic heterocycles. The predicted octanol–water partition coefficient (Wildman–Crippen LogP) is 2.35. The lowest BCUT2D eigenvalue weighted by Crippen LogP contribution is -2.26. The number of nitriles is 1. The minimum absolute atomic E-state index is 0.00272. The van der Waals surface area contributed by atoms with E-state index in [0.29, 0.717) is 34.6 Å². The number of amides is 1. The Kier molecular flexibility index (Phi) is 4.78. The standard InChI is InChI=1S/C13H12BrN3O2S/c1-8(18)20-7-10-3-12(19)17(6-10)13-11(14)2-9(4-15)5-16-13/h2,5,10H,3,6-7H2,1H3. The monoisotopic (exact) mass is 353 g/mol. The molecule has 1 saturated heterocycles. The zero-order chi connectivity index (χ0) is 14.7. The summed E-state index contributed by atoms with van der Waals surface area (Å²) >= 11 is 4.59. The summed E-state index contributed by atoms with van der Waals surface area (Å²) in [5, 5.41) is 8.87. The minimum Gasteiger partial charge on any atom is -0.296 e. The predicted molar refractivity (Wildman–Crippen MR) is 80.3 cm³/mol. The Labute approximate surface area is 129 Å². The molecule has 2 heterocycles. The highest BCUT2D eigenvalue weighted by molar-refractivity contribution is 9.10. The second-order valence-electron chi connectivity index (χ2n) is 4.52. The largest absolute Gasteiger partial charge is 0.296 e. The summed E-state index contributed by atoms with van der Waals surface area (Å²) < 4.78 is 0.629. The molecule has 2 rings (SSSR count). The molecule has 0 aromatic carbocycles. The van der Waals surface area contributed by atoms with Gasteiger partial charge in [0.05, 0.1) is 10.0 Å². The second kappa shape index (κ2) is 6.37. The Bertz CT molecular complexity index is 600. The summed E-state index contributed by atoms with van der Waals surface area (Å²) in [7, 11) is 0. The smallest absolute Gasteiger partial charge is 0.228 e. The normalized spacial score (nSPS) is 18.1. The van der Waals surface area contributed by atoms with E-state index >= 15 is 0 Å². The summed E-state index contributed by atoms with van der Waals surface area (Å²) in [4.78, 5) is 28.8. The number of pyridine rings is 1. The Hall–Kier alpha value is -1.39. The van der Waals surface area contributed by atoms with Crippen molar-refractivity contribution in [1.29, 1.82) is 5.26 Å².